The number of phenols is 1. The quantitative estimate of drug-likeness (QED) is 0.831. The monoisotopic (exact) mass is 269 g/mol. The molecule has 15 heavy (non-hydrogen) atoms. The van der Waals surface area contributed by atoms with Gasteiger partial charge in [-0.3, -0.25) is 4.79 Å². The molecular formula is C10H8BrNO3. The Kier molecular flexibility index (Phi) is 3.69. The van der Waals surface area contributed by atoms with E-state index >= 15 is 0 Å². The van der Waals surface area contributed by atoms with Crippen LogP contribution in [0.1, 0.15) is 11.1 Å². The van der Waals surface area contributed by atoms with Gasteiger partial charge in [-0.15, -0.1) is 0 Å². The van der Waals surface area contributed by atoms with Crippen LogP contribution in [0.15, 0.2) is 16.6 Å². The molecule has 1 aromatic rings. The molecule has 0 aliphatic carbocycles. The van der Waals surface area contributed by atoms with E-state index in [0.29, 0.717) is 10.0 Å². The minimum atomic E-state index is -0.416. The fourth-order valence-electron chi connectivity index (χ4n) is 1.09. The zero-order valence-electron chi connectivity index (χ0n) is 7.95. The van der Waals surface area contributed by atoms with Crippen LogP contribution in [-0.4, -0.2) is 18.2 Å². The largest absolute Gasteiger partial charge is 0.507 e. The third-order valence-electron chi connectivity index (χ3n) is 1.81. The second-order valence-electron chi connectivity index (χ2n) is 2.84. The Hall–Kier alpha value is -1.54. The highest BCUT2D eigenvalue weighted by Crippen LogP contribution is 2.28. The highest BCUT2D eigenvalue weighted by atomic mass is 79.9. The second-order valence-corrected chi connectivity index (χ2v) is 3.63. The van der Waals surface area contributed by atoms with Gasteiger partial charge in [0.05, 0.1) is 23.6 Å². The first-order chi connectivity index (χ1) is 7.08. The molecule has 0 spiro atoms. The molecule has 0 aliphatic heterocycles. The molecular weight excluding hydrogens is 262 g/mol. The minimum Gasteiger partial charge on any atom is -0.507 e. The topological polar surface area (TPSA) is 70.3 Å². The summed E-state index contributed by atoms with van der Waals surface area (Å²) in [5.74, 6) is -0.478. The minimum absolute atomic E-state index is 0.0337. The molecule has 4 nitrogen and oxygen atoms in total. The lowest BCUT2D eigenvalue weighted by molar-refractivity contribution is -0.139. The molecule has 0 radical (unpaired) electrons. The number of carbonyl (C=O) groups excluding carboxylic acids is 1. The zero-order valence-corrected chi connectivity index (χ0v) is 9.54. The van der Waals surface area contributed by atoms with Crippen LogP contribution in [0.5, 0.6) is 5.75 Å². The van der Waals surface area contributed by atoms with E-state index in [-0.39, 0.29) is 17.7 Å². The molecule has 0 aromatic heterocycles. The van der Waals surface area contributed by atoms with Crippen molar-refractivity contribution in [3.63, 3.8) is 0 Å². The van der Waals surface area contributed by atoms with Crippen molar-refractivity contribution in [2.75, 3.05) is 7.11 Å². The van der Waals surface area contributed by atoms with Crippen molar-refractivity contribution in [2.24, 2.45) is 0 Å². The van der Waals surface area contributed by atoms with Crippen molar-refractivity contribution in [2.45, 2.75) is 6.42 Å². The molecule has 0 saturated carbocycles. The van der Waals surface area contributed by atoms with Gasteiger partial charge < -0.3 is 9.84 Å². The van der Waals surface area contributed by atoms with E-state index in [1.807, 2.05) is 6.07 Å². The fourth-order valence-corrected chi connectivity index (χ4v) is 1.41. The highest BCUT2D eigenvalue weighted by molar-refractivity contribution is 9.10. The smallest absolute Gasteiger partial charge is 0.309 e. The van der Waals surface area contributed by atoms with E-state index in [1.54, 1.807) is 0 Å². The Labute approximate surface area is 95.2 Å². The van der Waals surface area contributed by atoms with Crippen LogP contribution in [0.2, 0.25) is 0 Å². The van der Waals surface area contributed by atoms with Crippen LogP contribution in [0, 0.1) is 11.3 Å². The van der Waals surface area contributed by atoms with Gasteiger partial charge in [-0.25, -0.2) is 0 Å². The Balaban J connectivity index is 3.07. The van der Waals surface area contributed by atoms with Crippen molar-refractivity contribution in [1.82, 2.24) is 0 Å². The molecule has 0 atom stereocenters. The molecule has 78 valence electrons. The lowest BCUT2D eigenvalue weighted by Gasteiger charge is -2.04. The van der Waals surface area contributed by atoms with Crippen molar-refractivity contribution in [1.29, 1.82) is 5.26 Å². The number of ether oxygens (including phenoxy) is 1. The maximum atomic E-state index is 11.0. The molecule has 5 heteroatoms. The summed E-state index contributed by atoms with van der Waals surface area (Å²) in [5, 5.41) is 18.2. The normalized spacial score (nSPS) is 9.40. The van der Waals surface area contributed by atoms with Crippen LogP contribution in [0.4, 0.5) is 0 Å². The van der Waals surface area contributed by atoms with Gasteiger partial charge in [0.15, 0.2) is 0 Å². The Bertz CT molecular complexity index is 437. The molecule has 0 bridgehead atoms. The summed E-state index contributed by atoms with van der Waals surface area (Å²) in [5.41, 5.74) is 0.827. The predicted molar refractivity (Wildman–Crippen MR) is 56.2 cm³/mol. The van der Waals surface area contributed by atoms with Crippen LogP contribution in [0.3, 0.4) is 0 Å². The summed E-state index contributed by atoms with van der Waals surface area (Å²) >= 11 is 3.07. The third-order valence-corrected chi connectivity index (χ3v) is 2.64. The molecule has 0 fully saturated rings. The van der Waals surface area contributed by atoms with Crippen molar-refractivity contribution >= 4 is 21.9 Å². The van der Waals surface area contributed by atoms with Crippen molar-refractivity contribution < 1.29 is 14.6 Å². The third kappa shape index (κ3) is 2.70. The van der Waals surface area contributed by atoms with Crippen LogP contribution < -0.4 is 0 Å². The van der Waals surface area contributed by atoms with Gasteiger partial charge >= 0.3 is 5.97 Å². The van der Waals surface area contributed by atoms with Crippen LogP contribution in [-0.2, 0) is 16.0 Å². The van der Waals surface area contributed by atoms with Gasteiger partial charge in [0.25, 0.3) is 0 Å². The summed E-state index contributed by atoms with van der Waals surface area (Å²) in [4.78, 5) is 11.0. The summed E-state index contributed by atoms with van der Waals surface area (Å²) in [7, 11) is 1.28. The molecule has 0 unspecified atom stereocenters. The summed E-state index contributed by atoms with van der Waals surface area (Å²) in [6, 6.07) is 4.86. The summed E-state index contributed by atoms with van der Waals surface area (Å²) in [6.45, 7) is 0. The lowest BCUT2D eigenvalue weighted by Crippen LogP contribution is -2.04. The number of nitriles is 1. The Morgan fingerprint density at radius 2 is 2.33 bits per heavy atom. The van der Waals surface area contributed by atoms with Gasteiger partial charge in [0, 0.05) is 0 Å². The zero-order chi connectivity index (χ0) is 11.4. The van der Waals surface area contributed by atoms with Crippen molar-refractivity contribution in [3.05, 3.63) is 27.7 Å². The lowest BCUT2D eigenvalue weighted by atomic mass is 10.1. The standard InChI is InChI=1S/C10H8BrNO3/c1-15-9(14)4-6-2-7(5-12)10(11)8(13)3-6/h2-3,13H,4H2,1H3. The molecule has 1 N–H and O–H groups in total. The molecule has 1 rings (SSSR count). The van der Waals surface area contributed by atoms with E-state index in [0.717, 1.165) is 0 Å². The average molecular weight is 270 g/mol. The van der Waals surface area contributed by atoms with Gasteiger partial charge in [-0.05, 0) is 33.6 Å². The SMILES string of the molecule is COC(=O)Cc1cc(O)c(Br)c(C#N)c1. The van der Waals surface area contributed by atoms with E-state index in [4.69, 9.17) is 5.26 Å². The molecule has 0 amide bonds. The predicted octanol–water partition coefficient (Wildman–Crippen LogP) is 1.74. The summed E-state index contributed by atoms with van der Waals surface area (Å²) < 4.78 is 4.81. The van der Waals surface area contributed by atoms with Gasteiger partial charge in [0.1, 0.15) is 11.8 Å². The number of rotatable bonds is 2. The highest BCUT2D eigenvalue weighted by Gasteiger charge is 2.10. The number of phenolic OH excluding ortho intramolecular Hbond substituents is 1. The number of esters is 1. The molecule has 0 aliphatic rings. The average Bonchev–Trinajstić information content (AvgIpc) is 2.22. The maximum absolute atomic E-state index is 11.0. The first-order valence-electron chi connectivity index (χ1n) is 4.06. The van der Waals surface area contributed by atoms with E-state index in [2.05, 4.69) is 20.7 Å². The van der Waals surface area contributed by atoms with E-state index < -0.39 is 5.97 Å². The Morgan fingerprint density at radius 3 is 2.87 bits per heavy atom. The van der Waals surface area contributed by atoms with E-state index in [1.165, 1.54) is 19.2 Å². The Morgan fingerprint density at radius 1 is 1.67 bits per heavy atom. The number of carbonyl (C=O) groups is 1. The van der Waals surface area contributed by atoms with Gasteiger partial charge in [-0.1, -0.05) is 0 Å². The number of benzene rings is 1. The number of nitrogens with zero attached hydrogens (tertiary/aromatic N) is 1. The number of aromatic hydroxyl groups is 1. The van der Waals surface area contributed by atoms with Gasteiger partial charge in [-0.2, -0.15) is 5.26 Å². The van der Waals surface area contributed by atoms with Crippen LogP contribution in [0.25, 0.3) is 0 Å². The number of hydrogen-bond acceptors (Lipinski definition) is 4. The number of halogens is 1. The molecule has 0 heterocycles. The first kappa shape index (κ1) is 11.5. The van der Waals surface area contributed by atoms with Gasteiger partial charge in [0.2, 0.25) is 0 Å². The fraction of sp³-hybridized carbons (Fsp3) is 0.200. The molecule has 0 saturated heterocycles. The second kappa shape index (κ2) is 4.80. The van der Waals surface area contributed by atoms with Crippen LogP contribution >= 0.6 is 15.9 Å². The van der Waals surface area contributed by atoms with Crippen molar-refractivity contribution in [3.8, 4) is 11.8 Å². The number of hydrogen-bond donors (Lipinski definition) is 1. The first-order valence-corrected chi connectivity index (χ1v) is 4.86. The maximum Gasteiger partial charge on any atom is 0.309 e. The summed E-state index contributed by atoms with van der Waals surface area (Å²) in [6.07, 6.45) is 0.0337. The molecule has 1 aromatic carbocycles. The number of methoxy groups -OCH3 is 1. The van der Waals surface area contributed by atoms with E-state index in [9.17, 15) is 9.90 Å².